The van der Waals surface area contributed by atoms with Gasteiger partial charge in [-0.15, -0.1) is 0 Å². The minimum Gasteiger partial charge on any atom is -0.338 e. The number of carbonyl (C=O) groups excluding carboxylic acids is 1. The molecule has 1 saturated heterocycles. The lowest BCUT2D eigenvalue weighted by atomic mass is 9.93. The van der Waals surface area contributed by atoms with Crippen LogP contribution in [0.2, 0.25) is 0 Å². The Morgan fingerprint density at radius 3 is 3.00 bits per heavy atom. The number of hydrogen-bond acceptors (Lipinski definition) is 3. The molecule has 1 fully saturated rings. The summed E-state index contributed by atoms with van der Waals surface area (Å²) in [7, 11) is 0. The van der Waals surface area contributed by atoms with Crippen molar-refractivity contribution in [3.05, 3.63) is 17.5 Å². The van der Waals surface area contributed by atoms with Crippen molar-refractivity contribution in [2.75, 3.05) is 19.6 Å². The highest BCUT2D eigenvalue weighted by Gasteiger charge is 2.29. The van der Waals surface area contributed by atoms with Crippen LogP contribution in [0.4, 0.5) is 0 Å². The Kier molecular flexibility index (Phi) is 4.58. The summed E-state index contributed by atoms with van der Waals surface area (Å²) in [4.78, 5) is 14.3. The molecule has 106 valence electrons. The number of H-pyrrole nitrogens is 1. The summed E-state index contributed by atoms with van der Waals surface area (Å²) in [6.45, 7) is 9.00. The molecule has 2 heterocycles. The van der Waals surface area contributed by atoms with Gasteiger partial charge in [0.2, 0.25) is 0 Å². The summed E-state index contributed by atoms with van der Waals surface area (Å²) in [5, 5.41) is 10.3. The summed E-state index contributed by atoms with van der Waals surface area (Å²) in [6.07, 6.45) is 3.81. The van der Waals surface area contributed by atoms with E-state index in [0.717, 1.165) is 38.2 Å². The number of amides is 1. The molecule has 5 nitrogen and oxygen atoms in total. The molecule has 0 bridgehead atoms. The van der Waals surface area contributed by atoms with Gasteiger partial charge in [-0.3, -0.25) is 9.89 Å². The van der Waals surface area contributed by atoms with Gasteiger partial charge in [0.1, 0.15) is 0 Å². The Morgan fingerprint density at radius 1 is 1.63 bits per heavy atom. The number of likely N-dealkylation sites (tertiary alicyclic amines) is 1. The number of piperidine rings is 1. The third-order valence-corrected chi connectivity index (χ3v) is 3.91. The Labute approximate surface area is 114 Å². The molecule has 2 rings (SSSR count). The fourth-order valence-corrected chi connectivity index (χ4v) is 2.70. The van der Waals surface area contributed by atoms with Crippen molar-refractivity contribution >= 4 is 5.91 Å². The first kappa shape index (κ1) is 14.1. The number of hydrogen-bond donors (Lipinski definition) is 2. The number of aromatic amines is 1. The lowest BCUT2D eigenvalue weighted by Crippen LogP contribution is -2.50. The van der Waals surface area contributed by atoms with Gasteiger partial charge in [-0.05, 0) is 32.2 Å². The van der Waals surface area contributed by atoms with E-state index in [9.17, 15) is 4.79 Å². The van der Waals surface area contributed by atoms with Gasteiger partial charge in [0.25, 0.3) is 5.91 Å². The number of nitrogens with zero attached hydrogens (tertiary/aromatic N) is 2. The quantitative estimate of drug-likeness (QED) is 0.867. The van der Waals surface area contributed by atoms with Crippen molar-refractivity contribution in [3.63, 3.8) is 0 Å². The fraction of sp³-hybridized carbons (Fsp3) is 0.714. The Bertz CT molecular complexity index is 429. The molecule has 0 aliphatic carbocycles. The smallest absolute Gasteiger partial charge is 0.257 e. The van der Waals surface area contributed by atoms with Crippen LogP contribution in [0.25, 0.3) is 0 Å². The van der Waals surface area contributed by atoms with E-state index in [0.29, 0.717) is 17.5 Å². The molecule has 2 unspecified atom stereocenters. The zero-order chi connectivity index (χ0) is 13.8. The monoisotopic (exact) mass is 264 g/mol. The SMILES string of the molecule is CCCNC1CCN(C(=O)c2cn[nH]c2C)CC1C. The van der Waals surface area contributed by atoms with Crippen LogP contribution in [0, 0.1) is 12.8 Å². The largest absolute Gasteiger partial charge is 0.338 e. The van der Waals surface area contributed by atoms with Gasteiger partial charge in [0, 0.05) is 24.8 Å². The molecule has 0 saturated carbocycles. The summed E-state index contributed by atoms with van der Waals surface area (Å²) in [5.74, 6) is 0.600. The van der Waals surface area contributed by atoms with E-state index >= 15 is 0 Å². The zero-order valence-corrected chi connectivity index (χ0v) is 12.1. The maximum absolute atomic E-state index is 12.4. The molecule has 1 aliphatic heterocycles. The Hall–Kier alpha value is -1.36. The van der Waals surface area contributed by atoms with E-state index in [2.05, 4.69) is 29.4 Å². The summed E-state index contributed by atoms with van der Waals surface area (Å²) < 4.78 is 0. The van der Waals surface area contributed by atoms with Crippen molar-refractivity contribution in [2.24, 2.45) is 5.92 Å². The van der Waals surface area contributed by atoms with Crippen LogP contribution in [-0.2, 0) is 0 Å². The predicted molar refractivity (Wildman–Crippen MR) is 75.1 cm³/mol. The van der Waals surface area contributed by atoms with Gasteiger partial charge in [0.15, 0.2) is 0 Å². The van der Waals surface area contributed by atoms with E-state index < -0.39 is 0 Å². The molecule has 1 aliphatic rings. The van der Waals surface area contributed by atoms with Gasteiger partial charge in [0.05, 0.1) is 11.8 Å². The molecule has 0 aromatic carbocycles. The third-order valence-electron chi connectivity index (χ3n) is 3.91. The second kappa shape index (κ2) is 6.19. The van der Waals surface area contributed by atoms with Crippen LogP contribution in [0.15, 0.2) is 6.20 Å². The molecule has 1 aromatic rings. The number of carbonyl (C=O) groups is 1. The molecule has 19 heavy (non-hydrogen) atoms. The lowest BCUT2D eigenvalue weighted by Gasteiger charge is -2.37. The molecule has 1 amide bonds. The molecule has 0 spiro atoms. The van der Waals surface area contributed by atoms with Crippen molar-refractivity contribution < 1.29 is 4.79 Å². The second-order valence-electron chi connectivity index (χ2n) is 5.49. The van der Waals surface area contributed by atoms with Crippen molar-refractivity contribution in [1.29, 1.82) is 0 Å². The first-order valence-corrected chi connectivity index (χ1v) is 7.16. The van der Waals surface area contributed by atoms with E-state index in [-0.39, 0.29) is 5.91 Å². The molecule has 2 atom stereocenters. The number of aromatic nitrogens is 2. The van der Waals surface area contributed by atoms with Crippen LogP contribution in [0.3, 0.4) is 0 Å². The van der Waals surface area contributed by atoms with Crippen molar-refractivity contribution in [2.45, 2.75) is 39.7 Å². The van der Waals surface area contributed by atoms with Crippen LogP contribution >= 0.6 is 0 Å². The van der Waals surface area contributed by atoms with E-state index in [4.69, 9.17) is 0 Å². The number of aryl methyl sites for hydroxylation is 1. The van der Waals surface area contributed by atoms with Gasteiger partial charge in [-0.1, -0.05) is 13.8 Å². The molecule has 0 radical (unpaired) electrons. The maximum atomic E-state index is 12.4. The van der Waals surface area contributed by atoms with Crippen molar-refractivity contribution in [3.8, 4) is 0 Å². The lowest BCUT2D eigenvalue weighted by molar-refractivity contribution is 0.0644. The van der Waals surface area contributed by atoms with E-state index in [1.54, 1.807) is 6.20 Å². The zero-order valence-electron chi connectivity index (χ0n) is 12.1. The van der Waals surface area contributed by atoms with Gasteiger partial charge in [-0.25, -0.2) is 0 Å². The van der Waals surface area contributed by atoms with Crippen LogP contribution < -0.4 is 5.32 Å². The second-order valence-corrected chi connectivity index (χ2v) is 5.49. The highest BCUT2D eigenvalue weighted by molar-refractivity contribution is 5.95. The highest BCUT2D eigenvalue weighted by Crippen LogP contribution is 2.19. The summed E-state index contributed by atoms with van der Waals surface area (Å²) in [6, 6.07) is 0.537. The number of rotatable bonds is 4. The molecular weight excluding hydrogens is 240 g/mol. The van der Waals surface area contributed by atoms with E-state index in [1.165, 1.54) is 0 Å². The third kappa shape index (κ3) is 3.15. The van der Waals surface area contributed by atoms with Crippen LogP contribution in [-0.4, -0.2) is 46.7 Å². The predicted octanol–water partition coefficient (Wildman–Crippen LogP) is 1.57. The maximum Gasteiger partial charge on any atom is 0.257 e. The fourth-order valence-electron chi connectivity index (χ4n) is 2.70. The summed E-state index contributed by atoms with van der Waals surface area (Å²) in [5.41, 5.74) is 1.55. The Balaban J connectivity index is 1.95. The standard InChI is InChI=1S/C14H24N4O/c1-4-6-15-13-5-7-18(9-10(13)2)14(19)12-8-16-17-11(12)3/h8,10,13,15H,4-7,9H2,1-3H3,(H,16,17). The van der Waals surface area contributed by atoms with E-state index in [1.807, 2.05) is 11.8 Å². The van der Waals surface area contributed by atoms with Gasteiger partial charge in [-0.2, -0.15) is 5.10 Å². The first-order valence-electron chi connectivity index (χ1n) is 7.16. The minimum atomic E-state index is 0.104. The topological polar surface area (TPSA) is 61.0 Å². The van der Waals surface area contributed by atoms with Gasteiger partial charge < -0.3 is 10.2 Å². The molecular formula is C14H24N4O. The van der Waals surface area contributed by atoms with Gasteiger partial charge >= 0.3 is 0 Å². The summed E-state index contributed by atoms with van der Waals surface area (Å²) >= 11 is 0. The number of nitrogens with one attached hydrogen (secondary N) is 2. The normalized spacial score (nSPS) is 23.6. The minimum absolute atomic E-state index is 0.104. The highest BCUT2D eigenvalue weighted by atomic mass is 16.2. The average molecular weight is 264 g/mol. The van der Waals surface area contributed by atoms with Crippen LogP contribution in [0.5, 0.6) is 0 Å². The van der Waals surface area contributed by atoms with Crippen molar-refractivity contribution in [1.82, 2.24) is 20.4 Å². The molecule has 5 heteroatoms. The molecule has 2 N–H and O–H groups in total. The Morgan fingerprint density at radius 2 is 2.42 bits per heavy atom. The van der Waals surface area contributed by atoms with Crippen LogP contribution in [0.1, 0.15) is 42.7 Å². The molecule has 1 aromatic heterocycles. The first-order chi connectivity index (χ1) is 9.13. The average Bonchev–Trinajstić information content (AvgIpc) is 2.82.